The summed E-state index contributed by atoms with van der Waals surface area (Å²) in [5, 5.41) is 27.5. The fourth-order valence-electron chi connectivity index (χ4n) is 6.55. The van der Waals surface area contributed by atoms with Crippen molar-refractivity contribution in [2.75, 3.05) is 45.2 Å². The highest BCUT2D eigenvalue weighted by Gasteiger charge is 2.47. The third kappa shape index (κ3) is 9.82. The molecular formula is C34H49N4O9S-. The Morgan fingerprint density at radius 3 is 2.50 bits per heavy atom. The third-order valence-electron chi connectivity index (χ3n) is 9.00. The topological polar surface area (TPSA) is 184 Å². The zero-order valence-electron chi connectivity index (χ0n) is 28.0. The molecule has 0 radical (unpaired) electrons. The lowest BCUT2D eigenvalue weighted by Gasteiger charge is -2.43. The molecule has 266 valence electrons. The van der Waals surface area contributed by atoms with Gasteiger partial charge in [-0.2, -0.15) is 4.31 Å². The van der Waals surface area contributed by atoms with Gasteiger partial charge in [0.25, 0.3) is 0 Å². The van der Waals surface area contributed by atoms with E-state index in [2.05, 4.69) is 5.32 Å². The van der Waals surface area contributed by atoms with Crippen molar-refractivity contribution < 1.29 is 42.4 Å². The standard InChI is InChI=1S/C34H50N4O9S/c1-4-45-32(40)36-18-9-8-17-34(2,3)23-37(48(43,44)26-14-12-25(35)13-15-26)21-30(39)28(20-24-10-6-5-7-11-24)38(33(41)42)29-22-47-31-27(29)16-19-46-31/h5-7,10-15,27-31,39H,4,8-9,16-23,35H2,1-3H3,(H,36,40)(H,41,42)/p-1/t27-,28+,29-,30-,31+/m1/s1. The summed E-state index contributed by atoms with van der Waals surface area (Å²) in [4.78, 5) is 25.6. The van der Waals surface area contributed by atoms with Gasteiger partial charge < -0.3 is 45.2 Å². The predicted molar refractivity (Wildman–Crippen MR) is 177 cm³/mol. The van der Waals surface area contributed by atoms with Crippen molar-refractivity contribution in [1.29, 1.82) is 0 Å². The molecule has 4 rings (SSSR count). The number of hydrogen-bond donors (Lipinski definition) is 3. The number of amides is 2. The number of carbonyl (C=O) groups is 2. The summed E-state index contributed by atoms with van der Waals surface area (Å²) in [5.74, 6) is -0.236. The largest absolute Gasteiger partial charge is 0.530 e. The maximum absolute atomic E-state index is 14.2. The van der Waals surface area contributed by atoms with Crippen LogP contribution in [0, 0.1) is 11.3 Å². The molecule has 14 heteroatoms. The Balaban J connectivity index is 1.60. The minimum absolute atomic E-state index is 0.00448. The zero-order chi connectivity index (χ0) is 34.9. The molecule has 2 heterocycles. The van der Waals surface area contributed by atoms with Gasteiger partial charge in [-0.25, -0.2) is 13.2 Å². The molecule has 0 bridgehead atoms. The van der Waals surface area contributed by atoms with Crippen molar-refractivity contribution in [3.05, 3.63) is 60.2 Å². The highest BCUT2D eigenvalue weighted by molar-refractivity contribution is 7.89. The number of carboxylic acid groups (broad SMARTS) is 1. The normalized spacial score (nSPS) is 20.6. The summed E-state index contributed by atoms with van der Waals surface area (Å²) >= 11 is 0. The number of nitrogens with one attached hydrogen (secondary N) is 1. The fraction of sp³-hybridized carbons (Fsp3) is 0.588. The van der Waals surface area contributed by atoms with Crippen LogP contribution in [0.25, 0.3) is 0 Å². The van der Waals surface area contributed by atoms with Gasteiger partial charge in [-0.1, -0.05) is 50.6 Å². The van der Waals surface area contributed by atoms with Gasteiger partial charge >= 0.3 is 6.09 Å². The minimum Gasteiger partial charge on any atom is -0.530 e. The van der Waals surface area contributed by atoms with Crippen LogP contribution in [0.4, 0.5) is 15.3 Å². The van der Waals surface area contributed by atoms with Crippen LogP contribution in [0.3, 0.4) is 0 Å². The Kier molecular flexibility index (Phi) is 13.1. The lowest BCUT2D eigenvalue weighted by molar-refractivity contribution is -0.273. The number of rotatable bonds is 17. The second-order valence-electron chi connectivity index (χ2n) is 13.2. The van der Waals surface area contributed by atoms with Crippen molar-refractivity contribution in [1.82, 2.24) is 14.5 Å². The van der Waals surface area contributed by atoms with Gasteiger partial charge in [0.05, 0.1) is 42.9 Å². The van der Waals surface area contributed by atoms with Crippen LogP contribution < -0.4 is 16.2 Å². The van der Waals surface area contributed by atoms with Crippen LogP contribution in [0.5, 0.6) is 0 Å². The van der Waals surface area contributed by atoms with Gasteiger partial charge in [-0.05, 0) is 67.9 Å². The lowest BCUT2D eigenvalue weighted by atomic mass is 9.87. The maximum atomic E-state index is 14.2. The van der Waals surface area contributed by atoms with Crippen LogP contribution in [0.2, 0.25) is 0 Å². The Hall–Kier alpha value is -3.43. The average molecular weight is 690 g/mol. The molecule has 2 aromatic carbocycles. The Bertz CT molecular complexity index is 1440. The molecule has 13 nitrogen and oxygen atoms in total. The SMILES string of the molecule is CCOC(=O)NCCCCC(C)(C)CN(C[C@@H](O)[C@H](Cc1ccccc1)N(C(=O)[O-])[C@@H]1CO[C@@H]2OCC[C@@H]21)S(=O)(=O)c1ccc(N)cc1. The molecule has 0 unspecified atom stereocenters. The summed E-state index contributed by atoms with van der Waals surface area (Å²) in [6.07, 6.45) is -1.25. The number of carbonyl (C=O) groups excluding carboxylic acids is 2. The number of benzene rings is 2. The van der Waals surface area contributed by atoms with Crippen molar-refractivity contribution in [2.24, 2.45) is 11.3 Å². The first kappa shape index (κ1) is 37.4. The molecule has 48 heavy (non-hydrogen) atoms. The predicted octanol–water partition coefficient (Wildman–Crippen LogP) is 2.58. The number of nitrogens with zero attached hydrogens (tertiary/aromatic N) is 2. The number of alkyl carbamates (subject to hydrolysis) is 1. The number of aliphatic hydroxyl groups excluding tert-OH is 1. The summed E-state index contributed by atoms with van der Waals surface area (Å²) in [6, 6.07) is 13.3. The maximum Gasteiger partial charge on any atom is 0.407 e. The molecule has 5 atom stereocenters. The highest BCUT2D eigenvalue weighted by atomic mass is 32.2. The molecule has 0 aromatic heterocycles. The third-order valence-corrected chi connectivity index (χ3v) is 10.8. The molecule has 0 saturated carbocycles. The number of hydrogen-bond acceptors (Lipinski definition) is 10. The minimum atomic E-state index is -4.17. The molecule has 2 aromatic rings. The van der Waals surface area contributed by atoms with Gasteiger partial charge in [0, 0.05) is 31.2 Å². The van der Waals surface area contributed by atoms with Crippen molar-refractivity contribution in [2.45, 2.75) is 82.2 Å². The van der Waals surface area contributed by atoms with E-state index in [0.717, 1.165) is 10.5 Å². The van der Waals surface area contributed by atoms with Crippen LogP contribution in [-0.4, -0.2) is 98.8 Å². The molecule has 0 aliphatic carbocycles. The number of nitrogen functional groups attached to an aromatic ring is 1. The van der Waals surface area contributed by atoms with Gasteiger partial charge in [0.1, 0.15) is 6.09 Å². The van der Waals surface area contributed by atoms with Crippen molar-refractivity contribution in [3.8, 4) is 0 Å². The van der Waals surface area contributed by atoms with Crippen molar-refractivity contribution in [3.63, 3.8) is 0 Å². The number of ether oxygens (including phenoxy) is 3. The Morgan fingerprint density at radius 2 is 1.83 bits per heavy atom. The number of nitrogens with two attached hydrogens (primary N) is 1. The molecule has 4 N–H and O–H groups in total. The number of sulfonamides is 1. The number of fused-ring (bicyclic) bond motifs is 1. The average Bonchev–Trinajstić information content (AvgIpc) is 3.66. The molecule has 2 aliphatic heterocycles. The first-order chi connectivity index (χ1) is 22.8. The Labute approximate surface area is 283 Å². The second kappa shape index (κ2) is 16.8. The molecule has 2 aliphatic rings. The molecule has 2 fully saturated rings. The van der Waals surface area contributed by atoms with Crippen molar-refractivity contribution >= 4 is 27.9 Å². The smallest absolute Gasteiger partial charge is 0.407 e. The van der Waals surface area contributed by atoms with Crippen LogP contribution in [0.1, 0.15) is 52.0 Å². The second-order valence-corrected chi connectivity index (χ2v) is 15.2. The summed E-state index contributed by atoms with van der Waals surface area (Å²) in [5.41, 5.74) is 6.47. The van der Waals surface area contributed by atoms with E-state index in [1.807, 2.05) is 44.2 Å². The van der Waals surface area contributed by atoms with E-state index in [1.165, 1.54) is 28.6 Å². The first-order valence-electron chi connectivity index (χ1n) is 16.5. The Morgan fingerprint density at radius 1 is 1.12 bits per heavy atom. The van der Waals surface area contributed by atoms with Gasteiger partial charge in [0.2, 0.25) is 10.0 Å². The highest BCUT2D eigenvalue weighted by Crippen LogP contribution is 2.36. The number of anilines is 1. The number of unbranched alkanes of at least 4 members (excludes halogenated alkanes) is 1. The van der Waals surface area contributed by atoms with Crippen LogP contribution in [-0.2, 0) is 30.7 Å². The van der Waals surface area contributed by atoms with E-state index in [-0.39, 0.29) is 43.5 Å². The van der Waals surface area contributed by atoms with Gasteiger partial charge in [-0.3, -0.25) is 0 Å². The van der Waals surface area contributed by atoms with Crippen LogP contribution >= 0.6 is 0 Å². The first-order valence-corrected chi connectivity index (χ1v) is 18.0. The van der Waals surface area contributed by atoms with E-state index in [1.54, 1.807) is 6.92 Å². The van der Waals surface area contributed by atoms with E-state index in [4.69, 9.17) is 19.9 Å². The van der Waals surface area contributed by atoms with Gasteiger partial charge in [-0.15, -0.1) is 0 Å². The van der Waals surface area contributed by atoms with E-state index < -0.39 is 52.1 Å². The lowest BCUT2D eigenvalue weighted by Crippen LogP contribution is -2.61. The van der Waals surface area contributed by atoms with Crippen LogP contribution in [0.15, 0.2) is 59.5 Å². The molecule has 0 spiro atoms. The molecular weight excluding hydrogens is 640 g/mol. The quantitative estimate of drug-likeness (QED) is 0.165. The van der Waals surface area contributed by atoms with E-state index in [0.29, 0.717) is 44.5 Å². The summed E-state index contributed by atoms with van der Waals surface area (Å²) in [6.45, 7) is 6.47. The molecule has 2 saturated heterocycles. The zero-order valence-corrected chi connectivity index (χ0v) is 28.8. The monoisotopic (exact) mass is 689 g/mol. The summed E-state index contributed by atoms with van der Waals surface area (Å²) < 4.78 is 45.9. The van der Waals surface area contributed by atoms with E-state index >= 15 is 0 Å². The number of aliphatic hydroxyl groups is 1. The van der Waals surface area contributed by atoms with Gasteiger partial charge in [0.15, 0.2) is 6.29 Å². The molecule has 2 amide bonds. The summed E-state index contributed by atoms with van der Waals surface area (Å²) in [7, 11) is -4.17. The fourth-order valence-corrected chi connectivity index (χ4v) is 8.19. The van der Waals surface area contributed by atoms with E-state index in [9.17, 15) is 28.2 Å².